The number of aliphatic hydroxyl groups excluding tert-OH is 1. The summed E-state index contributed by atoms with van der Waals surface area (Å²) in [6.45, 7) is -5.18. The minimum Gasteiger partial charge on any atom is -0.386 e. The van der Waals surface area contributed by atoms with Crippen LogP contribution in [0.1, 0.15) is 25.3 Å². The number of nitrogens with two attached hydrogens (primary N) is 1. The Labute approximate surface area is 256 Å². The van der Waals surface area contributed by atoms with Crippen molar-refractivity contribution < 1.29 is 51.8 Å². The van der Waals surface area contributed by atoms with Crippen LogP contribution in [-0.4, -0.2) is 91.1 Å². The molecule has 2 fully saturated rings. The molecule has 244 valence electrons. The Morgan fingerprint density at radius 3 is 2.62 bits per heavy atom. The number of nitrogens with zero attached hydrogens (tertiary/aromatic N) is 7. The average molecular weight is 693 g/mol. The van der Waals surface area contributed by atoms with Gasteiger partial charge in [0, 0.05) is 13.2 Å². The molecule has 45 heavy (non-hydrogen) atoms. The van der Waals surface area contributed by atoms with Gasteiger partial charge >= 0.3 is 14.5 Å². The van der Waals surface area contributed by atoms with Crippen LogP contribution in [0.25, 0.3) is 22.2 Å². The van der Waals surface area contributed by atoms with E-state index in [0.29, 0.717) is 12.8 Å². The molecule has 0 aliphatic carbocycles. The fourth-order valence-corrected chi connectivity index (χ4v) is 7.02. The number of rotatable bonds is 10. The highest BCUT2D eigenvalue weighted by atomic mass is 32.5. The standard InChI is InChI=1S/C22H27FN8O11P2S/c1-29-8-28-19-14(21(29)33)11(23)4-30(19)13-3-2-10(40-13)5-39-44(37,45)42-17-12(6-38-43(34,35)36)41-22(16(17)32)31-9-27-15-18(24)25-7-26-20(15)31/h4,7-10,12-13,16-17,22,32H,2-3,5-6H2,1H3,(H,37,45)(H2,24,25,26)(H2,34,35,36)/t10-,12+,13+,16+,17+,22+,44?/m0/s1. The maximum absolute atomic E-state index is 14.6. The molecule has 19 nitrogen and oxygen atoms in total. The summed E-state index contributed by atoms with van der Waals surface area (Å²) >= 11 is 5.17. The lowest BCUT2D eigenvalue weighted by Crippen LogP contribution is -2.36. The first-order valence-corrected chi connectivity index (χ1v) is 17.3. The molecule has 0 aromatic carbocycles. The lowest BCUT2D eigenvalue weighted by Gasteiger charge is -2.26. The zero-order chi connectivity index (χ0) is 32.3. The summed E-state index contributed by atoms with van der Waals surface area (Å²) in [5.41, 5.74) is 5.79. The molecule has 0 saturated carbocycles. The van der Waals surface area contributed by atoms with Gasteiger partial charge in [-0.05, 0) is 24.6 Å². The predicted octanol–water partition coefficient (Wildman–Crippen LogP) is -0.0400. The first kappa shape index (κ1) is 32.2. The van der Waals surface area contributed by atoms with Crippen LogP contribution in [0.5, 0.6) is 0 Å². The molecule has 0 spiro atoms. The van der Waals surface area contributed by atoms with Crippen LogP contribution in [0.15, 0.2) is 30.0 Å². The van der Waals surface area contributed by atoms with Gasteiger partial charge in [0.05, 0.1) is 32.0 Å². The van der Waals surface area contributed by atoms with E-state index in [1.165, 1.54) is 35.2 Å². The van der Waals surface area contributed by atoms with E-state index < -0.39 is 69.4 Å². The van der Waals surface area contributed by atoms with Crippen molar-refractivity contribution in [1.29, 1.82) is 0 Å². The molecule has 0 amide bonds. The van der Waals surface area contributed by atoms with Gasteiger partial charge in [-0.2, -0.15) is 0 Å². The van der Waals surface area contributed by atoms with Gasteiger partial charge in [0.2, 0.25) is 0 Å². The van der Waals surface area contributed by atoms with Crippen LogP contribution in [0.4, 0.5) is 10.2 Å². The minimum atomic E-state index is -4.97. The molecular weight excluding hydrogens is 665 g/mol. The van der Waals surface area contributed by atoms with Crippen molar-refractivity contribution >= 4 is 54.4 Å². The number of aromatic nitrogens is 7. The van der Waals surface area contributed by atoms with E-state index in [0.717, 1.165) is 10.8 Å². The molecule has 2 saturated heterocycles. The van der Waals surface area contributed by atoms with E-state index in [1.807, 2.05) is 0 Å². The quantitative estimate of drug-likeness (QED) is 0.137. The highest BCUT2D eigenvalue weighted by Gasteiger charge is 2.49. The Morgan fingerprint density at radius 1 is 1.09 bits per heavy atom. The van der Waals surface area contributed by atoms with Gasteiger partial charge in [0.1, 0.15) is 41.8 Å². The number of anilines is 1. The number of halogens is 1. The molecular formula is C22H27FN8O11P2S. The van der Waals surface area contributed by atoms with Crippen LogP contribution >= 0.6 is 14.5 Å². The zero-order valence-electron chi connectivity index (χ0n) is 23.1. The SMILES string of the molecule is Cn1cnc2c(c(F)cn2[C@H]2CC[C@@H](COP(O)(=S)O[C@H]3[C@@H](O)[C@H](n4cnc5c(N)ncnc54)O[C@@H]3COP(=O)(O)O)O2)c1=O. The highest BCUT2D eigenvalue weighted by molar-refractivity contribution is 8.07. The maximum atomic E-state index is 14.6. The number of hydrogen-bond donors (Lipinski definition) is 5. The molecule has 6 heterocycles. The van der Waals surface area contributed by atoms with Crippen molar-refractivity contribution in [2.24, 2.45) is 7.05 Å². The second-order valence-corrected chi connectivity index (χ2v) is 14.3. The fourth-order valence-electron chi connectivity index (χ4n) is 5.22. The fraction of sp³-hybridized carbons (Fsp3) is 0.500. The molecule has 0 bridgehead atoms. The normalized spacial score (nSPS) is 27.1. The predicted molar refractivity (Wildman–Crippen MR) is 153 cm³/mol. The summed E-state index contributed by atoms with van der Waals surface area (Å²) in [5, 5.41) is 11.0. The van der Waals surface area contributed by atoms with Crippen LogP contribution in [0, 0.1) is 5.82 Å². The summed E-state index contributed by atoms with van der Waals surface area (Å²) in [7, 11) is -3.51. The van der Waals surface area contributed by atoms with Gasteiger partial charge in [0.25, 0.3) is 5.56 Å². The largest absolute Gasteiger partial charge is 0.469 e. The average Bonchev–Trinajstić information content (AvgIpc) is 3.74. The number of phosphoric ester groups is 1. The molecule has 2 aliphatic rings. The molecule has 23 heteroatoms. The summed E-state index contributed by atoms with van der Waals surface area (Å²) < 4.78 is 57.3. The van der Waals surface area contributed by atoms with Gasteiger partial charge in [0.15, 0.2) is 29.2 Å². The van der Waals surface area contributed by atoms with Crippen LogP contribution in [0.2, 0.25) is 0 Å². The van der Waals surface area contributed by atoms with Gasteiger partial charge in [-0.15, -0.1) is 0 Å². The van der Waals surface area contributed by atoms with Crippen molar-refractivity contribution in [3.63, 3.8) is 0 Å². The summed E-state index contributed by atoms with van der Waals surface area (Å²) in [6, 6.07) is 0. The Bertz CT molecular complexity index is 1900. The number of aliphatic hydroxyl groups is 1. The number of nitrogen functional groups attached to an aromatic ring is 1. The number of hydrogen-bond acceptors (Lipinski definition) is 14. The summed E-state index contributed by atoms with van der Waals surface area (Å²) in [5.74, 6) is -0.680. The van der Waals surface area contributed by atoms with Crippen molar-refractivity contribution in [2.45, 2.75) is 49.7 Å². The number of aryl methyl sites for hydroxylation is 1. The van der Waals surface area contributed by atoms with Crippen molar-refractivity contribution in [3.05, 3.63) is 41.3 Å². The lowest BCUT2D eigenvalue weighted by atomic mass is 10.1. The topological polar surface area (TPSA) is 254 Å². The van der Waals surface area contributed by atoms with E-state index >= 15 is 0 Å². The van der Waals surface area contributed by atoms with E-state index in [4.69, 9.17) is 36.1 Å². The molecule has 2 aliphatic heterocycles. The molecule has 4 aromatic heterocycles. The first-order valence-electron chi connectivity index (χ1n) is 13.2. The summed E-state index contributed by atoms with van der Waals surface area (Å²) in [4.78, 5) is 57.9. The van der Waals surface area contributed by atoms with Crippen LogP contribution < -0.4 is 11.3 Å². The van der Waals surface area contributed by atoms with Gasteiger partial charge in [-0.3, -0.25) is 18.4 Å². The number of ether oxygens (including phenoxy) is 2. The van der Waals surface area contributed by atoms with Crippen molar-refractivity contribution in [2.75, 3.05) is 18.9 Å². The number of imidazole rings is 1. The molecule has 6 N–H and O–H groups in total. The maximum Gasteiger partial charge on any atom is 0.469 e. The van der Waals surface area contributed by atoms with Gasteiger partial charge in [-0.1, -0.05) is 0 Å². The smallest absolute Gasteiger partial charge is 0.386 e. The van der Waals surface area contributed by atoms with E-state index in [1.54, 1.807) is 0 Å². The van der Waals surface area contributed by atoms with Crippen molar-refractivity contribution in [3.8, 4) is 0 Å². The molecule has 7 atom stereocenters. The third kappa shape index (κ3) is 6.44. The summed E-state index contributed by atoms with van der Waals surface area (Å²) in [6.07, 6.45) is -1.39. The van der Waals surface area contributed by atoms with Gasteiger partial charge in [-0.25, -0.2) is 28.9 Å². The third-order valence-corrected chi connectivity index (χ3v) is 9.34. The van der Waals surface area contributed by atoms with E-state index in [2.05, 4.69) is 24.5 Å². The van der Waals surface area contributed by atoms with Crippen molar-refractivity contribution in [1.82, 2.24) is 33.6 Å². The molecule has 4 aromatic rings. The Hall–Kier alpha value is -2.78. The Kier molecular flexibility index (Phi) is 8.65. The Balaban J connectivity index is 1.14. The number of phosphoric acid groups is 1. The monoisotopic (exact) mass is 692 g/mol. The van der Waals surface area contributed by atoms with Crippen LogP contribution in [-0.2, 0) is 46.5 Å². The molecule has 6 rings (SSSR count). The minimum absolute atomic E-state index is 0.0617. The second-order valence-electron chi connectivity index (χ2n) is 10.3. The number of fused-ring (bicyclic) bond motifs is 2. The second kappa shape index (κ2) is 12.1. The highest BCUT2D eigenvalue weighted by Crippen LogP contribution is 2.50. The zero-order valence-corrected chi connectivity index (χ0v) is 25.7. The van der Waals surface area contributed by atoms with E-state index in [-0.39, 0.29) is 34.6 Å². The third-order valence-electron chi connectivity index (χ3n) is 7.30. The van der Waals surface area contributed by atoms with Gasteiger partial charge < -0.3 is 48.7 Å². The molecule has 1 unspecified atom stereocenters. The molecule has 0 radical (unpaired) electrons. The first-order chi connectivity index (χ1) is 21.2. The Morgan fingerprint density at radius 2 is 1.87 bits per heavy atom. The lowest BCUT2D eigenvalue weighted by molar-refractivity contribution is -0.0505. The van der Waals surface area contributed by atoms with E-state index in [9.17, 15) is 33.5 Å². The van der Waals surface area contributed by atoms with Crippen LogP contribution in [0.3, 0.4) is 0 Å².